The zero-order valence-electron chi connectivity index (χ0n) is 40.9. The minimum atomic E-state index is 0.180. The second-order valence-corrected chi connectivity index (χ2v) is 25.4. The Morgan fingerprint density at radius 2 is 1.34 bits per heavy atom. The summed E-state index contributed by atoms with van der Waals surface area (Å²) >= 11 is 1.93. The van der Waals surface area contributed by atoms with Gasteiger partial charge in [0.2, 0.25) is 0 Å². The lowest BCUT2D eigenvalue weighted by Crippen LogP contribution is -2.58. The van der Waals surface area contributed by atoms with E-state index in [0.29, 0.717) is 0 Å². The van der Waals surface area contributed by atoms with Crippen molar-refractivity contribution in [1.82, 2.24) is 4.57 Å². The first kappa shape index (κ1) is 40.3. The minimum Gasteiger partial charge on any atom is -0.355 e. The van der Waals surface area contributed by atoms with Crippen LogP contribution in [0.3, 0.4) is 0 Å². The number of aryl methyl sites for hydroxylation is 1. The average molecular weight is 932 g/mol. The molecule has 3 heterocycles. The van der Waals surface area contributed by atoms with Gasteiger partial charge < -0.3 is 9.88 Å². The summed E-state index contributed by atoms with van der Waals surface area (Å²) < 4.78 is 5.35. The van der Waals surface area contributed by atoms with E-state index >= 15 is 0 Å². The highest BCUT2D eigenvalue weighted by Gasteiger charge is 2.59. The summed E-state index contributed by atoms with van der Waals surface area (Å²) in [5, 5.41) is 12.2. The number of fused-ring (bicyclic) bond motifs is 9. The summed E-state index contributed by atoms with van der Waals surface area (Å²) in [4.78, 5) is 0. The molecule has 0 bridgehead atoms. The van der Waals surface area contributed by atoms with Gasteiger partial charge in [0.1, 0.15) is 0 Å². The summed E-state index contributed by atoms with van der Waals surface area (Å²) in [5.74, 6) is 5.46. The van der Waals surface area contributed by atoms with E-state index in [9.17, 15) is 0 Å². The van der Waals surface area contributed by atoms with Crippen molar-refractivity contribution in [3.8, 4) is 27.9 Å². The third-order valence-electron chi connectivity index (χ3n) is 20.1. The topological polar surface area (TPSA) is 17.0 Å². The largest absolute Gasteiger partial charge is 0.355 e. The highest BCUT2D eigenvalue weighted by atomic mass is 32.1. The number of hydrogen-bond acceptors (Lipinski definition) is 2. The van der Waals surface area contributed by atoms with Gasteiger partial charge in [-0.3, -0.25) is 0 Å². The molecule has 7 aliphatic rings. The summed E-state index contributed by atoms with van der Waals surface area (Å²) in [6.45, 7) is 7.58. The van der Waals surface area contributed by atoms with E-state index in [1.807, 2.05) is 22.5 Å². The predicted octanol–water partition coefficient (Wildman–Crippen LogP) is 16.4. The Bertz CT molecular complexity index is 4000. The number of nitrogens with zero attached hydrogens (tertiary/aromatic N) is 1. The molecular formula is C67H56BN2S. The van der Waals surface area contributed by atoms with Crippen LogP contribution in [0.25, 0.3) is 80.7 Å². The van der Waals surface area contributed by atoms with Crippen molar-refractivity contribution >= 4 is 93.7 Å². The molecule has 17 rings (SSSR count). The van der Waals surface area contributed by atoms with Gasteiger partial charge in [0, 0.05) is 59.1 Å². The van der Waals surface area contributed by atoms with Gasteiger partial charge in [-0.1, -0.05) is 115 Å². The molecular weight excluding hydrogens is 876 g/mol. The Labute approximate surface area is 421 Å². The van der Waals surface area contributed by atoms with Crippen LogP contribution < -0.4 is 16.2 Å². The number of thiophene rings is 1. The summed E-state index contributed by atoms with van der Waals surface area (Å²) in [6.07, 6.45) is 10.9. The van der Waals surface area contributed by atoms with Crippen molar-refractivity contribution in [3.05, 3.63) is 173 Å². The predicted molar refractivity (Wildman–Crippen MR) is 301 cm³/mol. The molecule has 4 saturated carbocycles. The normalized spacial score (nSPS) is 27.4. The van der Waals surface area contributed by atoms with E-state index in [-0.39, 0.29) is 10.8 Å². The molecule has 343 valence electrons. The molecule has 1 N–H and O–H groups in total. The van der Waals surface area contributed by atoms with E-state index < -0.39 is 0 Å². The van der Waals surface area contributed by atoms with Gasteiger partial charge in [-0.25, -0.2) is 0 Å². The maximum Gasteiger partial charge on any atom is 0.197 e. The zero-order valence-corrected chi connectivity index (χ0v) is 41.7. The van der Waals surface area contributed by atoms with Crippen LogP contribution in [0, 0.1) is 42.4 Å². The second-order valence-electron chi connectivity index (χ2n) is 24.3. The first-order valence-electron chi connectivity index (χ1n) is 26.9. The van der Waals surface area contributed by atoms with Gasteiger partial charge >= 0.3 is 0 Å². The van der Waals surface area contributed by atoms with Crippen LogP contribution in [0.2, 0.25) is 0 Å². The molecule has 4 atom stereocenters. The standard InChI is InChI=1S/C67H56BN2S/c1-36-21-53(62-55(69-49-16-13-38(14-17-49)37-9-5-4-6-10-37)18-20-58-63(62)52-27-39-11-7-8-12-40(39)28-59(52)71-58)64-57(22-36)70-56-19-15-47(66(2)32-43-23-41-24-44(33-66)60(41)43)29-50(56)51-30-48(31-54(68-64)65(51)70)67(3)34-45-25-42-26-46(35-67)61(42)45/h4-22,27-31,42-46,61,69H,23-26,32-35H2,1-3H3. The van der Waals surface area contributed by atoms with Crippen LogP contribution in [0.5, 0.6) is 0 Å². The lowest BCUT2D eigenvalue weighted by Gasteiger charge is -2.65. The quantitative estimate of drug-likeness (QED) is 0.130. The Balaban J connectivity index is 0.894. The van der Waals surface area contributed by atoms with Crippen molar-refractivity contribution < 1.29 is 0 Å². The number of benzene rings is 8. The van der Waals surface area contributed by atoms with Crippen molar-refractivity contribution in [3.63, 3.8) is 0 Å². The Morgan fingerprint density at radius 3 is 2.10 bits per heavy atom. The highest BCUT2D eigenvalue weighted by Crippen LogP contribution is 2.67. The third kappa shape index (κ3) is 5.56. The second kappa shape index (κ2) is 14.0. The average Bonchev–Trinajstić information content (AvgIpc) is 3.89. The smallest absolute Gasteiger partial charge is 0.197 e. The van der Waals surface area contributed by atoms with E-state index in [1.54, 1.807) is 11.1 Å². The van der Waals surface area contributed by atoms with Crippen LogP contribution >= 0.6 is 11.3 Å². The molecule has 1 radical (unpaired) electrons. The Morgan fingerprint density at radius 1 is 0.620 bits per heavy atom. The molecule has 8 aromatic carbocycles. The number of anilines is 2. The van der Waals surface area contributed by atoms with Crippen LogP contribution in [-0.4, -0.2) is 11.8 Å². The number of nitrogens with one attached hydrogen (secondary N) is 1. The van der Waals surface area contributed by atoms with Crippen molar-refractivity contribution in [2.75, 3.05) is 5.32 Å². The molecule has 10 aromatic rings. The van der Waals surface area contributed by atoms with E-state index in [1.165, 1.54) is 149 Å². The summed E-state index contributed by atoms with van der Waals surface area (Å²) in [5.41, 5.74) is 22.5. The molecule has 6 aliphatic carbocycles. The summed E-state index contributed by atoms with van der Waals surface area (Å²) in [6, 6.07) is 56.4. The Kier molecular flexibility index (Phi) is 7.93. The van der Waals surface area contributed by atoms with Crippen molar-refractivity contribution in [1.29, 1.82) is 0 Å². The molecule has 1 aliphatic heterocycles. The molecule has 0 spiro atoms. The molecule has 4 fully saturated rings. The summed E-state index contributed by atoms with van der Waals surface area (Å²) in [7, 11) is 2.62. The van der Waals surface area contributed by atoms with Crippen molar-refractivity contribution in [2.24, 2.45) is 35.5 Å². The van der Waals surface area contributed by atoms with E-state index in [0.717, 1.165) is 46.9 Å². The fourth-order valence-corrected chi connectivity index (χ4v) is 18.1. The minimum absolute atomic E-state index is 0.180. The third-order valence-corrected chi connectivity index (χ3v) is 21.2. The molecule has 0 amide bonds. The number of rotatable bonds is 6. The lowest BCUT2D eigenvalue weighted by atomic mass is 9.39. The van der Waals surface area contributed by atoms with Gasteiger partial charge in [-0.2, -0.15) is 0 Å². The monoisotopic (exact) mass is 931 g/mol. The highest BCUT2D eigenvalue weighted by molar-refractivity contribution is 7.26. The maximum absolute atomic E-state index is 4.04. The molecule has 4 unspecified atom stereocenters. The first-order valence-corrected chi connectivity index (χ1v) is 27.7. The van der Waals surface area contributed by atoms with Gasteiger partial charge in [0.15, 0.2) is 7.28 Å². The van der Waals surface area contributed by atoms with Gasteiger partial charge in [-0.15, -0.1) is 11.3 Å². The number of aromatic nitrogens is 1. The van der Waals surface area contributed by atoms with Gasteiger partial charge in [0.25, 0.3) is 0 Å². The van der Waals surface area contributed by atoms with Gasteiger partial charge in [0.05, 0.1) is 5.52 Å². The zero-order chi connectivity index (χ0) is 46.6. The van der Waals surface area contributed by atoms with Crippen LogP contribution in [0.4, 0.5) is 11.4 Å². The maximum atomic E-state index is 4.04. The molecule has 71 heavy (non-hydrogen) atoms. The molecule has 0 saturated heterocycles. The van der Waals surface area contributed by atoms with Gasteiger partial charge in [-0.05, 0) is 215 Å². The molecule has 4 heteroatoms. The van der Waals surface area contributed by atoms with Crippen LogP contribution in [-0.2, 0) is 10.8 Å². The molecule has 2 nitrogen and oxygen atoms in total. The molecule has 2 aromatic heterocycles. The lowest BCUT2D eigenvalue weighted by molar-refractivity contribution is -0.141. The van der Waals surface area contributed by atoms with E-state index in [4.69, 9.17) is 0 Å². The first-order chi connectivity index (χ1) is 34.7. The fraction of sp³-hybridized carbons (Fsp3) is 0.284. The SMILES string of the molecule is Cc1cc(-c2c(Nc3ccc(-c4ccccc4)cc3)ccc3sc4cc5ccccc5cc4c23)c2c(c1)-n1c3ccc(C4(C)CC5CC6=C5C(C6)C4)cc3c3cc(C4(C)CC5CC6CC(C4)C65)cc(c31)[B]2. The van der Waals surface area contributed by atoms with Crippen LogP contribution in [0.1, 0.15) is 81.9 Å². The van der Waals surface area contributed by atoms with Crippen molar-refractivity contribution in [2.45, 2.75) is 83.0 Å². The fourth-order valence-electron chi connectivity index (χ4n) is 16.9. The van der Waals surface area contributed by atoms with E-state index in [2.05, 4.69) is 184 Å². The number of allylic oxidation sites excluding steroid dienone is 2. The van der Waals surface area contributed by atoms with Crippen LogP contribution in [0.15, 0.2) is 157 Å². The number of hydrogen-bond donors (Lipinski definition) is 1. The Hall–Kier alpha value is -6.36.